The molecule has 0 bridgehead atoms. The maximum Gasteiger partial charge on any atom is 0.140 e. The van der Waals surface area contributed by atoms with Crippen LogP contribution in [0.1, 0.15) is 11.6 Å². The second-order valence-corrected chi connectivity index (χ2v) is 4.15. The SMILES string of the molecule is N#CC(Nc1ccccc1Cl)c1ccc(F)cc1. The molecular formula is C14H10ClFN2. The lowest BCUT2D eigenvalue weighted by Crippen LogP contribution is -2.08. The molecule has 1 N–H and O–H groups in total. The first-order valence-electron chi connectivity index (χ1n) is 5.37. The van der Waals surface area contributed by atoms with E-state index in [1.165, 1.54) is 12.1 Å². The molecule has 0 spiro atoms. The van der Waals surface area contributed by atoms with Gasteiger partial charge in [0.05, 0.1) is 16.8 Å². The summed E-state index contributed by atoms with van der Waals surface area (Å²) in [6.45, 7) is 0. The van der Waals surface area contributed by atoms with Gasteiger partial charge in [0.15, 0.2) is 0 Å². The quantitative estimate of drug-likeness (QED) is 0.900. The van der Waals surface area contributed by atoms with Crippen molar-refractivity contribution in [2.75, 3.05) is 5.32 Å². The molecule has 2 aromatic carbocycles. The Balaban J connectivity index is 2.23. The molecule has 2 rings (SSSR count). The molecular weight excluding hydrogens is 251 g/mol. The van der Waals surface area contributed by atoms with E-state index in [1.54, 1.807) is 24.3 Å². The van der Waals surface area contributed by atoms with Crippen molar-refractivity contribution in [1.82, 2.24) is 0 Å². The van der Waals surface area contributed by atoms with Crippen LogP contribution in [0.5, 0.6) is 0 Å². The number of nitrogens with one attached hydrogen (secondary N) is 1. The third-order valence-electron chi connectivity index (χ3n) is 2.51. The largest absolute Gasteiger partial charge is 0.365 e. The summed E-state index contributed by atoms with van der Waals surface area (Å²) >= 11 is 6.01. The van der Waals surface area contributed by atoms with Gasteiger partial charge in [0, 0.05) is 0 Å². The van der Waals surface area contributed by atoms with Gasteiger partial charge in [-0.2, -0.15) is 5.26 Å². The van der Waals surface area contributed by atoms with E-state index in [4.69, 9.17) is 16.9 Å². The van der Waals surface area contributed by atoms with Crippen molar-refractivity contribution in [2.24, 2.45) is 0 Å². The van der Waals surface area contributed by atoms with E-state index in [2.05, 4.69) is 11.4 Å². The van der Waals surface area contributed by atoms with Gasteiger partial charge < -0.3 is 5.32 Å². The summed E-state index contributed by atoms with van der Waals surface area (Å²) in [6, 6.07) is 14.5. The topological polar surface area (TPSA) is 35.8 Å². The van der Waals surface area contributed by atoms with E-state index >= 15 is 0 Å². The van der Waals surface area contributed by atoms with E-state index in [0.29, 0.717) is 16.3 Å². The molecule has 0 heterocycles. The Morgan fingerprint density at radius 3 is 2.39 bits per heavy atom. The molecule has 0 aromatic heterocycles. The van der Waals surface area contributed by atoms with Crippen molar-refractivity contribution in [3.8, 4) is 6.07 Å². The van der Waals surface area contributed by atoms with Crippen LogP contribution in [-0.2, 0) is 0 Å². The summed E-state index contributed by atoms with van der Waals surface area (Å²) < 4.78 is 12.8. The Kier molecular flexibility index (Phi) is 3.81. The van der Waals surface area contributed by atoms with Crippen LogP contribution < -0.4 is 5.32 Å². The van der Waals surface area contributed by atoms with Gasteiger partial charge in [-0.1, -0.05) is 35.9 Å². The van der Waals surface area contributed by atoms with Gasteiger partial charge in [-0.25, -0.2) is 4.39 Å². The number of rotatable bonds is 3. The first-order valence-corrected chi connectivity index (χ1v) is 5.74. The molecule has 0 aliphatic rings. The van der Waals surface area contributed by atoms with Crippen molar-refractivity contribution in [2.45, 2.75) is 6.04 Å². The summed E-state index contributed by atoms with van der Waals surface area (Å²) in [7, 11) is 0. The van der Waals surface area contributed by atoms with Gasteiger partial charge in [0.1, 0.15) is 11.9 Å². The minimum absolute atomic E-state index is 0.326. The molecule has 0 radical (unpaired) electrons. The van der Waals surface area contributed by atoms with E-state index < -0.39 is 6.04 Å². The van der Waals surface area contributed by atoms with Gasteiger partial charge >= 0.3 is 0 Å². The highest BCUT2D eigenvalue weighted by Gasteiger charge is 2.11. The third-order valence-corrected chi connectivity index (χ3v) is 2.84. The zero-order valence-corrected chi connectivity index (χ0v) is 10.2. The average molecular weight is 261 g/mol. The number of benzene rings is 2. The van der Waals surface area contributed by atoms with Crippen LogP contribution in [0, 0.1) is 17.1 Å². The lowest BCUT2D eigenvalue weighted by Gasteiger charge is -2.14. The molecule has 0 aliphatic heterocycles. The van der Waals surface area contributed by atoms with E-state index in [-0.39, 0.29) is 5.82 Å². The molecule has 4 heteroatoms. The standard InChI is InChI=1S/C14H10ClFN2/c15-12-3-1-2-4-13(12)18-14(9-17)10-5-7-11(16)8-6-10/h1-8,14,18H. The maximum atomic E-state index is 12.8. The van der Waals surface area contributed by atoms with Crippen LogP contribution in [0.2, 0.25) is 5.02 Å². The monoisotopic (exact) mass is 260 g/mol. The van der Waals surface area contributed by atoms with Crippen molar-refractivity contribution >= 4 is 17.3 Å². The third kappa shape index (κ3) is 2.79. The second-order valence-electron chi connectivity index (χ2n) is 3.74. The zero-order chi connectivity index (χ0) is 13.0. The minimum atomic E-state index is -0.564. The fourth-order valence-electron chi connectivity index (χ4n) is 1.58. The van der Waals surface area contributed by atoms with Crippen molar-refractivity contribution in [3.05, 3.63) is 64.9 Å². The number of nitriles is 1. The highest BCUT2D eigenvalue weighted by molar-refractivity contribution is 6.33. The molecule has 1 unspecified atom stereocenters. The average Bonchev–Trinajstić information content (AvgIpc) is 2.39. The highest BCUT2D eigenvalue weighted by atomic mass is 35.5. The molecule has 18 heavy (non-hydrogen) atoms. The van der Waals surface area contributed by atoms with Crippen LogP contribution >= 0.6 is 11.6 Å². The number of halogens is 2. The summed E-state index contributed by atoms with van der Waals surface area (Å²) in [6.07, 6.45) is 0. The smallest absolute Gasteiger partial charge is 0.140 e. The van der Waals surface area contributed by atoms with Crippen molar-refractivity contribution in [3.63, 3.8) is 0 Å². The predicted octanol–water partition coefficient (Wildman–Crippen LogP) is 4.16. The number of hydrogen-bond acceptors (Lipinski definition) is 2. The van der Waals surface area contributed by atoms with E-state index in [9.17, 15) is 4.39 Å². The Labute approximate surface area is 110 Å². The first-order chi connectivity index (χ1) is 8.70. The highest BCUT2D eigenvalue weighted by Crippen LogP contribution is 2.25. The normalized spacial score (nSPS) is 11.6. The molecule has 0 saturated heterocycles. The molecule has 0 saturated carbocycles. The van der Waals surface area contributed by atoms with Crippen molar-refractivity contribution < 1.29 is 4.39 Å². The zero-order valence-electron chi connectivity index (χ0n) is 9.40. The molecule has 1 atom stereocenters. The Morgan fingerprint density at radius 1 is 1.11 bits per heavy atom. The number of para-hydroxylation sites is 1. The summed E-state index contributed by atoms with van der Waals surface area (Å²) in [5, 5.41) is 12.7. The van der Waals surface area contributed by atoms with E-state index in [0.717, 1.165) is 0 Å². The van der Waals surface area contributed by atoms with Crippen LogP contribution in [-0.4, -0.2) is 0 Å². The van der Waals surface area contributed by atoms with Crippen molar-refractivity contribution in [1.29, 1.82) is 5.26 Å². The predicted molar refractivity (Wildman–Crippen MR) is 69.8 cm³/mol. The van der Waals surface area contributed by atoms with Crippen LogP contribution in [0.25, 0.3) is 0 Å². The molecule has 0 fully saturated rings. The minimum Gasteiger partial charge on any atom is -0.365 e. The summed E-state index contributed by atoms with van der Waals surface area (Å²) in [4.78, 5) is 0. The molecule has 0 amide bonds. The van der Waals surface area contributed by atoms with Crippen LogP contribution in [0.4, 0.5) is 10.1 Å². The first kappa shape index (κ1) is 12.4. The fourth-order valence-corrected chi connectivity index (χ4v) is 1.77. The number of anilines is 1. The fraction of sp³-hybridized carbons (Fsp3) is 0.0714. The Hall–Kier alpha value is -2.05. The second kappa shape index (κ2) is 5.52. The number of hydrogen-bond donors (Lipinski definition) is 1. The molecule has 2 aromatic rings. The van der Waals surface area contributed by atoms with Gasteiger partial charge in [-0.3, -0.25) is 0 Å². The Bertz CT molecular complexity index is 575. The lowest BCUT2D eigenvalue weighted by molar-refractivity contribution is 0.627. The molecule has 2 nitrogen and oxygen atoms in total. The van der Waals surface area contributed by atoms with Gasteiger partial charge in [-0.15, -0.1) is 0 Å². The summed E-state index contributed by atoms with van der Waals surface area (Å²) in [5.41, 5.74) is 1.37. The Morgan fingerprint density at radius 2 is 1.78 bits per heavy atom. The lowest BCUT2D eigenvalue weighted by atomic mass is 10.1. The number of nitrogens with zero attached hydrogens (tertiary/aromatic N) is 1. The van der Waals surface area contributed by atoms with Crippen LogP contribution in [0.3, 0.4) is 0 Å². The molecule has 90 valence electrons. The molecule has 0 aliphatic carbocycles. The van der Waals surface area contributed by atoms with Crippen LogP contribution in [0.15, 0.2) is 48.5 Å². The van der Waals surface area contributed by atoms with Gasteiger partial charge in [-0.05, 0) is 29.8 Å². The van der Waals surface area contributed by atoms with E-state index in [1.807, 2.05) is 12.1 Å². The van der Waals surface area contributed by atoms with Gasteiger partial charge in [0.25, 0.3) is 0 Å². The maximum absolute atomic E-state index is 12.8. The summed E-state index contributed by atoms with van der Waals surface area (Å²) in [5.74, 6) is -0.326. The van der Waals surface area contributed by atoms with Gasteiger partial charge in [0.2, 0.25) is 0 Å².